The lowest BCUT2D eigenvalue weighted by atomic mass is 10.1. The molecule has 5 nitrogen and oxygen atoms in total. The van der Waals surface area contributed by atoms with Crippen LogP contribution in [-0.4, -0.2) is 21.2 Å². The van der Waals surface area contributed by atoms with E-state index in [0.717, 1.165) is 12.8 Å². The fraction of sp³-hybridized carbons (Fsp3) is 0.417. The van der Waals surface area contributed by atoms with Gasteiger partial charge in [-0.25, -0.2) is 0 Å². The van der Waals surface area contributed by atoms with Crippen LogP contribution in [0.25, 0.3) is 11.5 Å². The van der Waals surface area contributed by atoms with Gasteiger partial charge >= 0.3 is 0 Å². The Balaban J connectivity index is 2.06. The average molecular weight is 232 g/mol. The molecular formula is C12H16N4O. The Labute approximate surface area is 100 Å². The summed E-state index contributed by atoms with van der Waals surface area (Å²) in [4.78, 5) is 8.44. The van der Waals surface area contributed by atoms with E-state index in [2.05, 4.69) is 22.0 Å². The average Bonchev–Trinajstić information content (AvgIpc) is 2.79. The summed E-state index contributed by atoms with van der Waals surface area (Å²) >= 11 is 0. The number of pyridine rings is 1. The molecule has 5 heteroatoms. The van der Waals surface area contributed by atoms with Crippen molar-refractivity contribution in [2.45, 2.75) is 32.2 Å². The fourth-order valence-corrected chi connectivity index (χ4v) is 1.63. The maximum Gasteiger partial charge on any atom is 0.228 e. The molecular weight excluding hydrogens is 216 g/mol. The van der Waals surface area contributed by atoms with E-state index in [1.165, 1.54) is 0 Å². The minimum absolute atomic E-state index is 0.0806. The van der Waals surface area contributed by atoms with E-state index in [0.29, 0.717) is 23.8 Å². The first-order valence-corrected chi connectivity index (χ1v) is 5.79. The predicted molar refractivity (Wildman–Crippen MR) is 64.1 cm³/mol. The van der Waals surface area contributed by atoms with Crippen molar-refractivity contribution in [1.29, 1.82) is 0 Å². The van der Waals surface area contributed by atoms with E-state index in [4.69, 9.17) is 10.3 Å². The van der Waals surface area contributed by atoms with Crippen LogP contribution in [0, 0.1) is 0 Å². The summed E-state index contributed by atoms with van der Waals surface area (Å²) in [6.45, 7) is 2.10. The van der Waals surface area contributed by atoms with Crippen LogP contribution in [0.3, 0.4) is 0 Å². The highest BCUT2D eigenvalue weighted by Crippen LogP contribution is 2.13. The molecule has 0 saturated carbocycles. The van der Waals surface area contributed by atoms with Gasteiger partial charge in [0.1, 0.15) is 5.69 Å². The topological polar surface area (TPSA) is 77.8 Å². The lowest BCUT2D eigenvalue weighted by Gasteiger charge is -2.05. The second-order valence-corrected chi connectivity index (χ2v) is 3.98. The molecule has 0 bridgehead atoms. The van der Waals surface area contributed by atoms with Crippen molar-refractivity contribution in [3.63, 3.8) is 0 Å². The SMILES string of the molecule is CCCC(N)Cc1nc(-c2ccccn2)no1. The van der Waals surface area contributed by atoms with Crippen molar-refractivity contribution >= 4 is 0 Å². The minimum atomic E-state index is 0.0806. The molecule has 2 aromatic rings. The van der Waals surface area contributed by atoms with Gasteiger partial charge in [0.05, 0.1) is 0 Å². The molecule has 2 rings (SSSR count). The van der Waals surface area contributed by atoms with Gasteiger partial charge < -0.3 is 10.3 Å². The number of hydrogen-bond donors (Lipinski definition) is 1. The fourth-order valence-electron chi connectivity index (χ4n) is 1.63. The van der Waals surface area contributed by atoms with Gasteiger partial charge in [0.2, 0.25) is 11.7 Å². The standard InChI is InChI=1S/C12H16N4O/c1-2-5-9(13)8-11-15-12(16-17-11)10-6-3-4-7-14-10/h3-4,6-7,9H,2,5,8,13H2,1H3. The molecule has 90 valence electrons. The van der Waals surface area contributed by atoms with Crippen LogP contribution in [-0.2, 0) is 6.42 Å². The summed E-state index contributed by atoms with van der Waals surface area (Å²) in [5.74, 6) is 1.09. The second kappa shape index (κ2) is 5.54. The summed E-state index contributed by atoms with van der Waals surface area (Å²) in [6, 6.07) is 5.67. The van der Waals surface area contributed by atoms with Crippen molar-refractivity contribution in [2.75, 3.05) is 0 Å². The molecule has 0 fully saturated rings. The first-order chi connectivity index (χ1) is 8.29. The molecule has 1 unspecified atom stereocenters. The molecule has 2 N–H and O–H groups in total. The summed E-state index contributed by atoms with van der Waals surface area (Å²) in [6.07, 6.45) is 4.34. The normalized spacial score (nSPS) is 12.6. The predicted octanol–water partition coefficient (Wildman–Crippen LogP) is 1.80. The molecule has 0 aliphatic heterocycles. The van der Waals surface area contributed by atoms with Crippen molar-refractivity contribution < 1.29 is 4.52 Å². The van der Waals surface area contributed by atoms with E-state index >= 15 is 0 Å². The number of hydrogen-bond acceptors (Lipinski definition) is 5. The first kappa shape index (κ1) is 11.7. The van der Waals surface area contributed by atoms with Gasteiger partial charge in [0.15, 0.2) is 0 Å². The van der Waals surface area contributed by atoms with Gasteiger partial charge in [-0.1, -0.05) is 24.6 Å². The summed E-state index contributed by atoms with van der Waals surface area (Å²) < 4.78 is 5.15. The third-order valence-corrected chi connectivity index (χ3v) is 2.46. The quantitative estimate of drug-likeness (QED) is 0.850. The van der Waals surface area contributed by atoms with Gasteiger partial charge in [-0.05, 0) is 18.6 Å². The number of nitrogens with zero attached hydrogens (tertiary/aromatic N) is 3. The van der Waals surface area contributed by atoms with E-state index in [9.17, 15) is 0 Å². The van der Waals surface area contributed by atoms with Gasteiger partial charge in [-0.3, -0.25) is 4.98 Å². The maximum absolute atomic E-state index is 5.92. The molecule has 0 radical (unpaired) electrons. The second-order valence-electron chi connectivity index (χ2n) is 3.98. The Hall–Kier alpha value is -1.75. The van der Waals surface area contributed by atoms with Crippen LogP contribution >= 0.6 is 0 Å². The molecule has 0 amide bonds. The molecule has 0 aliphatic carbocycles. The van der Waals surface area contributed by atoms with E-state index < -0.39 is 0 Å². The highest BCUT2D eigenvalue weighted by atomic mass is 16.5. The molecule has 1 atom stereocenters. The molecule has 17 heavy (non-hydrogen) atoms. The summed E-state index contributed by atoms with van der Waals surface area (Å²) in [5, 5.41) is 3.90. The van der Waals surface area contributed by atoms with Gasteiger partial charge in [-0.15, -0.1) is 0 Å². The van der Waals surface area contributed by atoms with Crippen LogP contribution in [0.1, 0.15) is 25.7 Å². The lowest BCUT2D eigenvalue weighted by molar-refractivity contribution is 0.366. The smallest absolute Gasteiger partial charge is 0.228 e. The lowest BCUT2D eigenvalue weighted by Crippen LogP contribution is -2.22. The zero-order chi connectivity index (χ0) is 12.1. The highest BCUT2D eigenvalue weighted by molar-refractivity contribution is 5.46. The Morgan fingerprint density at radius 3 is 3.00 bits per heavy atom. The van der Waals surface area contributed by atoms with Crippen LogP contribution in [0.5, 0.6) is 0 Å². The molecule has 2 aromatic heterocycles. The Morgan fingerprint density at radius 1 is 1.41 bits per heavy atom. The molecule has 0 spiro atoms. The molecule has 0 aliphatic rings. The highest BCUT2D eigenvalue weighted by Gasteiger charge is 2.12. The van der Waals surface area contributed by atoms with E-state index in [1.54, 1.807) is 6.20 Å². The largest absolute Gasteiger partial charge is 0.339 e. The van der Waals surface area contributed by atoms with Crippen molar-refractivity contribution in [1.82, 2.24) is 15.1 Å². The van der Waals surface area contributed by atoms with Crippen molar-refractivity contribution in [2.24, 2.45) is 5.73 Å². The van der Waals surface area contributed by atoms with Gasteiger partial charge in [0, 0.05) is 18.7 Å². The first-order valence-electron chi connectivity index (χ1n) is 5.79. The zero-order valence-electron chi connectivity index (χ0n) is 9.84. The molecule has 2 heterocycles. The monoisotopic (exact) mass is 232 g/mol. The maximum atomic E-state index is 5.92. The van der Waals surface area contributed by atoms with Crippen LogP contribution in [0.2, 0.25) is 0 Å². The molecule has 0 saturated heterocycles. The third-order valence-electron chi connectivity index (χ3n) is 2.46. The third kappa shape index (κ3) is 3.10. The van der Waals surface area contributed by atoms with Crippen LogP contribution in [0.15, 0.2) is 28.9 Å². The minimum Gasteiger partial charge on any atom is -0.339 e. The van der Waals surface area contributed by atoms with Crippen LogP contribution in [0.4, 0.5) is 0 Å². The number of aromatic nitrogens is 3. The zero-order valence-corrected chi connectivity index (χ0v) is 9.84. The van der Waals surface area contributed by atoms with Gasteiger partial charge in [0.25, 0.3) is 0 Å². The Bertz CT molecular complexity index is 455. The number of nitrogens with two attached hydrogens (primary N) is 1. The van der Waals surface area contributed by atoms with E-state index in [-0.39, 0.29) is 6.04 Å². The Kier molecular flexibility index (Phi) is 3.82. The summed E-state index contributed by atoms with van der Waals surface area (Å²) in [7, 11) is 0. The summed E-state index contributed by atoms with van der Waals surface area (Å²) in [5.41, 5.74) is 6.64. The Morgan fingerprint density at radius 2 is 2.29 bits per heavy atom. The van der Waals surface area contributed by atoms with E-state index in [1.807, 2.05) is 18.2 Å². The van der Waals surface area contributed by atoms with Crippen molar-refractivity contribution in [3.8, 4) is 11.5 Å². The van der Waals surface area contributed by atoms with Crippen molar-refractivity contribution in [3.05, 3.63) is 30.3 Å². The van der Waals surface area contributed by atoms with Crippen LogP contribution < -0.4 is 5.73 Å². The number of rotatable bonds is 5. The van der Waals surface area contributed by atoms with Gasteiger partial charge in [-0.2, -0.15) is 4.98 Å². The molecule has 0 aromatic carbocycles.